The van der Waals surface area contributed by atoms with Gasteiger partial charge in [0.05, 0.1) is 16.9 Å². The average Bonchev–Trinajstić information content (AvgIpc) is 2.50. The molecule has 0 radical (unpaired) electrons. The molecule has 1 aliphatic heterocycles. The summed E-state index contributed by atoms with van der Waals surface area (Å²) >= 11 is 0. The fourth-order valence-electron chi connectivity index (χ4n) is 1.29. The molecule has 54 valence electrons. The van der Waals surface area contributed by atoms with Crippen LogP contribution in [0.5, 0.6) is 0 Å². The van der Waals surface area contributed by atoms with E-state index in [1.165, 1.54) is 0 Å². The summed E-state index contributed by atoms with van der Waals surface area (Å²) in [6, 6.07) is 3.86. The highest BCUT2D eigenvalue weighted by molar-refractivity contribution is 5.62. The molecule has 0 aliphatic carbocycles. The highest BCUT2D eigenvalue weighted by atomic mass is 14.9. The second-order valence-electron chi connectivity index (χ2n) is 2.47. The molecular weight excluding hydrogens is 138 g/mol. The molecule has 0 fully saturated rings. The van der Waals surface area contributed by atoms with Crippen LogP contribution in [0.1, 0.15) is 11.3 Å². The first kappa shape index (κ1) is 6.17. The van der Waals surface area contributed by atoms with Gasteiger partial charge in [-0.15, -0.1) is 0 Å². The van der Waals surface area contributed by atoms with E-state index in [1.807, 2.05) is 0 Å². The molecule has 1 aromatic rings. The van der Waals surface area contributed by atoms with Gasteiger partial charge in [0.2, 0.25) is 0 Å². The van der Waals surface area contributed by atoms with E-state index in [2.05, 4.69) is 16.4 Å². The lowest BCUT2D eigenvalue weighted by molar-refractivity contribution is 1.04. The maximum absolute atomic E-state index is 8.68. The molecule has 1 aromatic heterocycles. The standard InChI is InChI=1S/C8H7N3/c9-5-6-1-3-10-7-2-4-11-8(6)7/h1,3,11H,2,4H2. The van der Waals surface area contributed by atoms with Crippen molar-refractivity contribution >= 4 is 5.69 Å². The predicted octanol–water partition coefficient (Wildman–Crippen LogP) is 0.921. The summed E-state index contributed by atoms with van der Waals surface area (Å²) in [5, 5.41) is 11.8. The third-order valence-electron chi connectivity index (χ3n) is 1.81. The average molecular weight is 145 g/mol. The van der Waals surface area contributed by atoms with Crippen LogP contribution in [0.4, 0.5) is 5.69 Å². The molecule has 0 saturated carbocycles. The van der Waals surface area contributed by atoms with Crippen molar-refractivity contribution in [3.05, 3.63) is 23.5 Å². The van der Waals surface area contributed by atoms with E-state index >= 15 is 0 Å². The molecule has 0 aromatic carbocycles. The third kappa shape index (κ3) is 0.838. The molecule has 2 rings (SSSR count). The highest BCUT2D eigenvalue weighted by Crippen LogP contribution is 2.22. The lowest BCUT2D eigenvalue weighted by atomic mass is 10.2. The number of anilines is 1. The first-order chi connectivity index (χ1) is 5.42. The van der Waals surface area contributed by atoms with Crippen molar-refractivity contribution in [1.29, 1.82) is 5.26 Å². The summed E-state index contributed by atoms with van der Waals surface area (Å²) in [5.74, 6) is 0. The van der Waals surface area contributed by atoms with Crippen molar-refractivity contribution in [2.24, 2.45) is 0 Å². The summed E-state index contributed by atoms with van der Waals surface area (Å²) < 4.78 is 0. The van der Waals surface area contributed by atoms with E-state index < -0.39 is 0 Å². The maximum atomic E-state index is 8.68. The Labute approximate surface area is 64.7 Å². The van der Waals surface area contributed by atoms with Gasteiger partial charge < -0.3 is 5.32 Å². The Hall–Kier alpha value is -1.56. The van der Waals surface area contributed by atoms with Crippen LogP contribution in [-0.2, 0) is 6.42 Å². The van der Waals surface area contributed by atoms with Crippen molar-refractivity contribution in [2.45, 2.75) is 6.42 Å². The van der Waals surface area contributed by atoms with Gasteiger partial charge in [-0.3, -0.25) is 4.98 Å². The van der Waals surface area contributed by atoms with E-state index in [-0.39, 0.29) is 0 Å². The quantitative estimate of drug-likeness (QED) is 0.590. The van der Waals surface area contributed by atoms with Crippen molar-refractivity contribution in [3.8, 4) is 6.07 Å². The minimum absolute atomic E-state index is 0.701. The predicted molar refractivity (Wildman–Crippen MR) is 41.1 cm³/mol. The second-order valence-corrected chi connectivity index (χ2v) is 2.47. The van der Waals surface area contributed by atoms with Crippen molar-refractivity contribution in [2.75, 3.05) is 11.9 Å². The fourth-order valence-corrected chi connectivity index (χ4v) is 1.29. The van der Waals surface area contributed by atoms with Gasteiger partial charge in [0.15, 0.2) is 0 Å². The molecule has 0 unspecified atom stereocenters. The minimum Gasteiger partial charge on any atom is -0.382 e. The topological polar surface area (TPSA) is 48.7 Å². The number of hydrogen-bond donors (Lipinski definition) is 1. The Morgan fingerprint density at radius 3 is 3.36 bits per heavy atom. The number of fused-ring (bicyclic) bond motifs is 1. The zero-order valence-electron chi connectivity index (χ0n) is 5.96. The number of nitrogens with zero attached hydrogens (tertiary/aromatic N) is 2. The smallest absolute Gasteiger partial charge is 0.101 e. The molecule has 1 N–H and O–H groups in total. The van der Waals surface area contributed by atoms with Gasteiger partial charge in [-0.05, 0) is 6.07 Å². The van der Waals surface area contributed by atoms with Crippen LogP contribution in [0.25, 0.3) is 0 Å². The number of aromatic nitrogens is 1. The first-order valence-corrected chi connectivity index (χ1v) is 3.53. The van der Waals surface area contributed by atoms with Crippen LogP contribution < -0.4 is 5.32 Å². The molecule has 1 aliphatic rings. The Bertz CT molecular complexity index is 325. The van der Waals surface area contributed by atoms with E-state index in [1.54, 1.807) is 12.3 Å². The SMILES string of the molecule is N#Cc1ccnc2c1NCC2. The van der Waals surface area contributed by atoms with Crippen LogP contribution in [-0.4, -0.2) is 11.5 Å². The lowest BCUT2D eigenvalue weighted by Gasteiger charge is -1.98. The van der Waals surface area contributed by atoms with Gasteiger partial charge in [-0.25, -0.2) is 0 Å². The van der Waals surface area contributed by atoms with Gasteiger partial charge in [0.1, 0.15) is 6.07 Å². The van der Waals surface area contributed by atoms with Gasteiger partial charge in [0, 0.05) is 19.2 Å². The Morgan fingerprint density at radius 1 is 1.64 bits per heavy atom. The molecule has 11 heavy (non-hydrogen) atoms. The molecule has 3 nitrogen and oxygen atoms in total. The number of pyridine rings is 1. The summed E-state index contributed by atoms with van der Waals surface area (Å²) in [4.78, 5) is 4.15. The van der Waals surface area contributed by atoms with Gasteiger partial charge in [-0.1, -0.05) is 0 Å². The van der Waals surface area contributed by atoms with E-state index in [0.29, 0.717) is 5.56 Å². The molecule has 0 amide bonds. The van der Waals surface area contributed by atoms with Crippen molar-refractivity contribution in [3.63, 3.8) is 0 Å². The molecule has 0 spiro atoms. The Balaban J connectivity index is 2.61. The number of nitriles is 1. The summed E-state index contributed by atoms with van der Waals surface area (Å²) in [6.45, 7) is 0.904. The van der Waals surface area contributed by atoms with Crippen LogP contribution in [0.15, 0.2) is 12.3 Å². The normalized spacial score (nSPS) is 13.4. The van der Waals surface area contributed by atoms with Crippen LogP contribution in [0.2, 0.25) is 0 Å². The molecule has 3 heteroatoms. The van der Waals surface area contributed by atoms with Crippen LogP contribution >= 0.6 is 0 Å². The summed E-state index contributed by atoms with van der Waals surface area (Å²) in [7, 11) is 0. The van der Waals surface area contributed by atoms with E-state index in [0.717, 1.165) is 24.3 Å². The van der Waals surface area contributed by atoms with E-state index in [4.69, 9.17) is 5.26 Å². The molecule has 0 bridgehead atoms. The highest BCUT2D eigenvalue weighted by Gasteiger charge is 2.13. The summed E-state index contributed by atoms with van der Waals surface area (Å²) in [5.41, 5.74) is 2.64. The van der Waals surface area contributed by atoms with Crippen molar-refractivity contribution < 1.29 is 0 Å². The zero-order valence-corrected chi connectivity index (χ0v) is 5.96. The molecular formula is C8H7N3. The number of nitrogens with one attached hydrogen (secondary N) is 1. The monoisotopic (exact) mass is 145 g/mol. The molecule has 0 atom stereocenters. The third-order valence-corrected chi connectivity index (χ3v) is 1.81. The number of hydrogen-bond acceptors (Lipinski definition) is 3. The van der Waals surface area contributed by atoms with Gasteiger partial charge in [-0.2, -0.15) is 5.26 Å². The fraction of sp³-hybridized carbons (Fsp3) is 0.250. The minimum atomic E-state index is 0.701. The largest absolute Gasteiger partial charge is 0.382 e. The van der Waals surface area contributed by atoms with Crippen LogP contribution in [0, 0.1) is 11.3 Å². The van der Waals surface area contributed by atoms with Gasteiger partial charge in [0.25, 0.3) is 0 Å². The van der Waals surface area contributed by atoms with Crippen LogP contribution in [0.3, 0.4) is 0 Å². The summed E-state index contributed by atoms with van der Waals surface area (Å²) in [6.07, 6.45) is 2.62. The molecule has 0 saturated heterocycles. The zero-order chi connectivity index (χ0) is 7.68. The first-order valence-electron chi connectivity index (χ1n) is 3.53. The van der Waals surface area contributed by atoms with Gasteiger partial charge >= 0.3 is 0 Å². The molecule has 2 heterocycles. The van der Waals surface area contributed by atoms with E-state index in [9.17, 15) is 0 Å². The lowest BCUT2D eigenvalue weighted by Crippen LogP contribution is -1.93. The second kappa shape index (κ2) is 2.24. The van der Waals surface area contributed by atoms with Crippen molar-refractivity contribution in [1.82, 2.24) is 4.98 Å². The maximum Gasteiger partial charge on any atom is 0.101 e. The number of rotatable bonds is 0. The Morgan fingerprint density at radius 2 is 2.55 bits per heavy atom. The Kier molecular flexibility index (Phi) is 1.26.